The number of halogens is 1. The zero-order valence-electron chi connectivity index (χ0n) is 12.5. The Kier molecular flexibility index (Phi) is 4.04. The van der Waals surface area contributed by atoms with Crippen molar-refractivity contribution < 1.29 is 4.79 Å². The Morgan fingerprint density at radius 1 is 1.23 bits per heavy atom. The first kappa shape index (κ1) is 14.9. The van der Waals surface area contributed by atoms with Crippen molar-refractivity contribution in [3.63, 3.8) is 0 Å². The maximum Gasteiger partial charge on any atom is 0.163 e. The molecular formula is C19H18ClNO. The molecule has 0 aliphatic heterocycles. The Labute approximate surface area is 135 Å². The fraction of sp³-hybridized carbons (Fsp3) is 0.211. The van der Waals surface area contributed by atoms with Gasteiger partial charge in [-0.3, -0.25) is 4.79 Å². The lowest BCUT2D eigenvalue weighted by Gasteiger charge is -2.08. The highest BCUT2D eigenvalue weighted by molar-refractivity contribution is 6.30. The quantitative estimate of drug-likeness (QED) is 0.855. The largest absolute Gasteiger partial charge is 0.398 e. The van der Waals surface area contributed by atoms with Crippen molar-refractivity contribution in [3.05, 3.63) is 75.3 Å². The zero-order chi connectivity index (χ0) is 15.7. The molecule has 0 aromatic heterocycles. The number of rotatable bonds is 4. The molecule has 3 rings (SSSR count). The molecule has 2 aromatic carbocycles. The number of Topliss-reactive ketones (excluding diaryl/α,β-unsaturated/α-hetero) is 1. The van der Waals surface area contributed by atoms with Crippen LogP contribution < -0.4 is 5.73 Å². The van der Waals surface area contributed by atoms with Crippen LogP contribution in [0, 0.1) is 6.92 Å². The van der Waals surface area contributed by atoms with Crippen molar-refractivity contribution in [1.29, 1.82) is 0 Å². The molecule has 0 amide bonds. The smallest absolute Gasteiger partial charge is 0.163 e. The van der Waals surface area contributed by atoms with Gasteiger partial charge in [0.15, 0.2) is 5.78 Å². The van der Waals surface area contributed by atoms with Crippen molar-refractivity contribution in [2.24, 2.45) is 5.73 Å². The summed E-state index contributed by atoms with van der Waals surface area (Å²) in [4.78, 5) is 12.4. The number of carbonyl (C=O) groups excluding carboxylic acids is 1. The minimum Gasteiger partial charge on any atom is -0.398 e. The van der Waals surface area contributed by atoms with Gasteiger partial charge in [-0.2, -0.15) is 0 Å². The van der Waals surface area contributed by atoms with Crippen LogP contribution >= 0.6 is 11.6 Å². The van der Waals surface area contributed by atoms with Crippen LogP contribution in [0.4, 0.5) is 0 Å². The van der Waals surface area contributed by atoms with Gasteiger partial charge in [-0.1, -0.05) is 35.9 Å². The Hall–Kier alpha value is -2.06. The van der Waals surface area contributed by atoms with Gasteiger partial charge in [-0.05, 0) is 54.7 Å². The number of hydrogen-bond donors (Lipinski definition) is 1. The van der Waals surface area contributed by atoms with E-state index in [0.717, 1.165) is 28.8 Å². The lowest BCUT2D eigenvalue weighted by molar-refractivity contribution is 0.0983. The summed E-state index contributed by atoms with van der Waals surface area (Å²) in [6.45, 7) is 2.04. The van der Waals surface area contributed by atoms with Crippen LogP contribution in [0.5, 0.6) is 0 Å². The number of ketones is 1. The molecule has 112 valence electrons. The molecule has 0 radical (unpaired) electrons. The Bertz CT molecular complexity index is 777. The average Bonchev–Trinajstić information content (AvgIpc) is 2.89. The Balaban J connectivity index is 1.74. The van der Waals surface area contributed by atoms with Crippen LogP contribution in [0.15, 0.2) is 42.5 Å². The minimum absolute atomic E-state index is 0.141. The third kappa shape index (κ3) is 2.93. The first-order valence-electron chi connectivity index (χ1n) is 7.42. The molecule has 0 bridgehead atoms. The van der Waals surface area contributed by atoms with Crippen LogP contribution in [-0.4, -0.2) is 5.78 Å². The fourth-order valence-corrected chi connectivity index (χ4v) is 3.02. The predicted molar refractivity (Wildman–Crippen MR) is 91.2 cm³/mol. The number of nitrogens with two attached hydrogens (primary N) is 1. The summed E-state index contributed by atoms with van der Waals surface area (Å²) in [5, 5.41) is 0.712. The normalized spacial score (nSPS) is 12.9. The first-order chi connectivity index (χ1) is 10.5. The number of aryl methyl sites for hydroxylation is 2. The monoisotopic (exact) mass is 311 g/mol. The number of allylic oxidation sites excluding steroid dienone is 1. The predicted octanol–water partition coefficient (Wildman–Crippen LogP) is 4.32. The molecule has 0 fully saturated rings. The Morgan fingerprint density at radius 2 is 2.05 bits per heavy atom. The van der Waals surface area contributed by atoms with Crippen molar-refractivity contribution in [2.45, 2.75) is 26.2 Å². The second-order valence-electron chi connectivity index (χ2n) is 5.73. The molecule has 1 aliphatic rings. The second-order valence-corrected chi connectivity index (χ2v) is 6.17. The lowest BCUT2D eigenvalue weighted by atomic mass is 9.97. The van der Waals surface area contributed by atoms with E-state index >= 15 is 0 Å². The molecule has 22 heavy (non-hydrogen) atoms. The molecular weight excluding hydrogens is 294 g/mol. The maximum absolute atomic E-state index is 12.4. The molecule has 3 heteroatoms. The van der Waals surface area contributed by atoms with E-state index in [4.69, 9.17) is 17.3 Å². The molecule has 2 nitrogen and oxygen atoms in total. The van der Waals surface area contributed by atoms with E-state index in [1.807, 2.05) is 49.4 Å². The molecule has 2 N–H and O–H groups in total. The van der Waals surface area contributed by atoms with E-state index in [1.54, 1.807) is 0 Å². The molecule has 1 aliphatic carbocycles. The SMILES string of the molecule is Cc1ccc(Cl)cc1CCC(=O)c1ccc2c(c1)C(N)=CC2. The van der Waals surface area contributed by atoms with E-state index < -0.39 is 0 Å². The summed E-state index contributed by atoms with van der Waals surface area (Å²) in [6, 6.07) is 11.6. The molecule has 0 unspecified atom stereocenters. The average molecular weight is 312 g/mol. The molecule has 0 heterocycles. The summed E-state index contributed by atoms with van der Waals surface area (Å²) < 4.78 is 0. The number of carbonyl (C=O) groups is 1. The van der Waals surface area contributed by atoms with Crippen molar-refractivity contribution in [3.8, 4) is 0 Å². The van der Waals surface area contributed by atoms with Gasteiger partial charge in [0.05, 0.1) is 0 Å². The molecule has 0 saturated heterocycles. The van der Waals surface area contributed by atoms with Crippen LogP contribution in [0.1, 0.15) is 39.0 Å². The zero-order valence-corrected chi connectivity index (χ0v) is 13.3. The van der Waals surface area contributed by atoms with Crippen LogP contribution in [0.25, 0.3) is 5.70 Å². The van der Waals surface area contributed by atoms with Gasteiger partial charge in [0, 0.05) is 28.3 Å². The van der Waals surface area contributed by atoms with Crippen LogP contribution in [0.3, 0.4) is 0 Å². The van der Waals surface area contributed by atoms with Crippen molar-refractivity contribution in [2.75, 3.05) is 0 Å². The standard InChI is InChI=1S/C19H18ClNO/c1-12-2-7-16(20)10-14(12)6-9-19(22)15-4-3-13-5-8-18(21)17(13)11-15/h2-4,7-8,10-11H,5-6,9,21H2,1H3. The second kappa shape index (κ2) is 5.98. The molecule has 2 aromatic rings. The Morgan fingerprint density at radius 3 is 2.86 bits per heavy atom. The highest BCUT2D eigenvalue weighted by Gasteiger charge is 2.15. The van der Waals surface area contributed by atoms with Crippen molar-refractivity contribution in [1.82, 2.24) is 0 Å². The first-order valence-corrected chi connectivity index (χ1v) is 7.79. The third-order valence-corrected chi connectivity index (χ3v) is 4.45. The maximum atomic E-state index is 12.4. The summed E-state index contributed by atoms with van der Waals surface area (Å²) in [5.41, 5.74) is 11.9. The van der Waals surface area contributed by atoms with Crippen LogP contribution in [-0.2, 0) is 12.8 Å². The van der Waals surface area contributed by atoms with E-state index in [2.05, 4.69) is 0 Å². The van der Waals surface area contributed by atoms with Gasteiger partial charge < -0.3 is 5.73 Å². The van der Waals surface area contributed by atoms with Crippen LogP contribution in [0.2, 0.25) is 5.02 Å². The van der Waals surface area contributed by atoms with E-state index in [9.17, 15) is 4.79 Å². The molecule has 0 atom stereocenters. The molecule has 0 spiro atoms. The summed E-state index contributed by atoms with van der Waals surface area (Å²) in [5.74, 6) is 0.141. The molecule has 0 saturated carbocycles. The van der Waals surface area contributed by atoms with E-state index in [-0.39, 0.29) is 5.78 Å². The topological polar surface area (TPSA) is 43.1 Å². The number of fused-ring (bicyclic) bond motifs is 1. The van der Waals surface area contributed by atoms with E-state index in [0.29, 0.717) is 17.9 Å². The van der Waals surface area contributed by atoms with Gasteiger partial charge >= 0.3 is 0 Å². The fourth-order valence-electron chi connectivity index (χ4n) is 2.83. The summed E-state index contributed by atoms with van der Waals surface area (Å²) in [6.07, 6.45) is 4.03. The highest BCUT2D eigenvalue weighted by Crippen LogP contribution is 2.25. The van der Waals surface area contributed by atoms with Gasteiger partial charge in [0.25, 0.3) is 0 Å². The van der Waals surface area contributed by atoms with Gasteiger partial charge in [-0.15, -0.1) is 0 Å². The van der Waals surface area contributed by atoms with Crippen molar-refractivity contribution >= 4 is 23.1 Å². The minimum atomic E-state index is 0.141. The van der Waals surface area contributed by atoms with Gasteiger partial charge in [-0.25, -0.2) is 0 Å². The van der Waals surface area contributed by atoms with Gasteiger partial charge in [0.1, 0.15) is 0 Å². The summed E-state index contributed by atoms with van der Waals surface area (Å²) in [7, 11) is 0. The highest BCUT2D eigenvalue weighted by atomic mass is 35.5. The number of hydrogen-bond acceptors (Lipinski definition) is 2. The third-order valence-electron chi connectivity index (χ3n) is 4.22. The number of benzene rings is 2. The van der Waals surface area contributed by atoms with E-state index in [1.165, 1.54) is 11.1 Å². The van der Waals surface area contributed by atoms with Gasteiger partial charge in [0.2, 0.25) is 0 Å². The lowest BCUT2D eigenvalue weighted by Crippen LogP contribution is -2.04. The summed E-state index contributed by atoms with van der Waals surface area (Å²) >= 11 is 6.02.